The highest BCUT2D eigenvalue weighted by Gasteiger charge is 2.20. The first kappa shape index (κ1) is 14.1. The summed E-state index contributed by atoms with van der Waals surface area (Å²) in [6.45, 7) is 1.36. The normalized spacial score (nSPS) is 12.4. The second-order valence-electron chi connectivity index (χ2n) is 4.26. The van der Waals surface area contributed by atoms with E-state index in [4.69, 9.17) is 0 Å². The minimum absolute atomic E-state index is 0.208. The molecule has 0 bridgehead atoms. The SMILES string of the molecule is Cc1cc([N+](=O)[O-])nn1CC(O)c1cc(F)ccc1F. The zero-order valence-electron chi connectivity index (χ0n) is 10.5. The number of nitrogens with zero attached hydrogens (tertiary/aromatic N) is 3. The second-order valence-corrected chi connectivity index (χ2v) is 4.26. The van der Waals surface area contributed by atoms with Crippen molar-refractivity contribution in [3.05, 3.63) is 57.3 Å². The number of hydrogen-bond donors (Lipinski definition) is 1. The first-order valence-corrected chi connectivity index (χ1v) is 5.70. The molecule has 1 N–H and O–H groups in total. The molecule has 0 fully saturated rings. The van der Waals surface area contributed by atoms with Crippen molar-refractivity contribution >= 4 is 5.82 Å². The van der Waals surface area contributed by atoms with Crippen LogP contribution in [-0.4, -0.2) is 19.8 Å². The van der Waals surface area contributed by atoms with Crippen molar-refractivity contribution in [2.45, 2.75) is 19.6 Å². The van der Waals surface area contributed by atoms with E-state index in [1.54, 1.807) is 6.92 Å². The minimum atomic E-state index is -1.36. The predicted molar refractivity (Wildman–Crippen MR) is 64.9 cm³/mol. The summed E-state index contributed by atoms with van der Waals surface area (Å²) in [7, 11) is 0. The fourth-order valence-corrected chi connectivity index (χ4v) is 1.80. The minimum Gasteiger partial charge on any atom is -0.386 e. The van der Waals surface area contributed by atoms with Crippen LogP contribution in [0.5, 0.6) is 0 Å². The topological polar surface area (TPSA) is 81.2 Å². The van der Waals surface area contributed by atoms with E-state index in [1.807, 2.05) is 0 Å². The Kier molecular flexibility index (Phi) is 3.75. The number of aliphatic hydroxyl groups excluding tert-OH is 1. The summed E-state index contributed by atoms with van der Waals surface area (Å²) in [5, 5.41) is 24.2. The quantitative estimate of drug-likeness (QED) is 0.688. The number of nitro groups is 1. The Bertz CT molecular complexity index is 657. The Labute approximate surface area is 112 Å². The number of benzene rings is 1. The fourth-order valence-electron chi connectivity index (χ4n) is 1.80. The number of halogens is 2. The summed E-state index contributed by atoms with van der Waals surface area (Å²) in [4.78, 5) is 9.91. The van der Waals surface area contributed by atoms with Gasteiger partial charge in [0.15, 0.2) is 0 Å². The molecule has 0 aliphatic rings. The van der Waals surface area contributed by atoms with Crippen LogP contribution in [0.3, 0.4) is 0 Å². The number of hydrogen-bond acceptors (Lipinski definition) is 4. The number of aromatic nitrogens is 2. The smallest absolute Gasteiger partial charge is 0.386 e. The number of aryl methyl sites for hydroxylation is 1. The zero-order chi connectivity index (χ0) is 14.9. The van der Waals surface area contributed by atoms with Gasteiger partial charge < -0.3 is 15.2 Å². The molecular weight excluding hydrogens is 272 g/mol. The van der Waals surface area contributed by atoms with Crippen LogP contribution in [0.1, 0.15) is 17.4 Å². The van der Waals surface area contributed by atoms with E-state index in [9.17, 15) is 24.0 Å². The average Bonchev–Trinajstić information content (AvgIpc) is 2.74. The zero-order valence-corrected chi connectivity index (χ0v) is 10.5. The van der Waals surface area contributed by atoms with Crippen molar-refractivity contribution in [3.63, 3.8) is 0 Å². The lowest BCUT2D eigenvalue weighted by atomic mass is 10.1. The molecule has 0 saturated heterocycles. The lowest BCUT2D eigenvalue weighted by Crippen LogP contribution is -2.13. The van der Waals surface area contributed by atoms with Crippen molar-refractivity contribution in [1.82, 2.24) is 9.78 Å². The van der Waals surface area contributed by atoms with Crippen molar-refractivity contribution in [1.29, 1.82) is 0 Å². The summed E-state index contributed by atoms with van der Waals surface area (Å²) in [6.07, 6.45) is -1.36. The van der Waals surface area contributed by atoms with Gasteiger partial charge in [0.05, 0.1) is 23.4 Å². The van der Waals surface area contributed by atoms with Gasteiger partial charge in [0.2, 0.25) is 0 Å². The molecule has 0 amide bonds. The molecule has 2 aromatic rings. The van der Waals surface area contributed by atoms with Crippen LogP contribution < -0.4 is 0 Å². The van der Waals surface area contributed by atoms with Crippen molar-refractivity contribution in [2.75, 3.05) is 0 Å². The van der Waals surface area contributed by atoms with Crippen molar-refractivity contribution in [3.8, 4) is 0 Å². The molecular formula is C12H11F2N3O3. The van der Waals surface area contributed by atoms with Gasteiger partial charge in [-0.1, -0.05) is 0 Å². The largest absolute Gasteiger partial charge is 0.390 e. The first-order valence-electron chi connectivity index (χ1n) is 5.70. The van der Waals surface area contributed by atoms with E-state index in [0.717, 1.165) is 18.2 Å². The summed E-state index contributed by atoms with van der Waals surface area (Å²) >= 11 is 0. The summed E-state index contributed by atoms with van der Waals surface area (Å²) in [5.41, 5.74) is 0.218. The van der Waals surface area contributed by atoms with E-state index in [0.29, 0.717) is 5.69 Å². The molecule has 1 heterocycles. The lowest BCUT2D eigenvalue weighted by molar-refractivity contribution is -0.389. The molecule has 0 saturated carbocycles. The Morgan fingerprint density at radius 3 is 2.75 bits per heavy atom. The third-order valence-electron chi connectivity index (χ3n) is 2.82. The summed E-state index contributed by atoms with van der Waals surface area (Å²) in [5.74, 6) is -1.80. The molecule has 1 aromatic heterocycles. The molecule has 0 spiro atoms. The molecule has 106 valence electrons. The van der Waals surface area contributed by atoms with Crippen LogP contribution in [0, 0.1) is 28.7 Å². The molecule has 1 unspecified atom stereocenters. The van der Waals surface area contributed by atoms with Crippen LogP contribution in [0.15, 0.2) is 24.3 Å². The first-order chi connectivity index (χ1) is 9.38. The van der Waals surface area contributed by atoms with Gasteiger partial charge in [-0.25, -0.2) is 8.78 Å². The van der Waals surface area contributed by atoms with Crippen LogP contribution in [0.25, 0.3) is 0 Å². The van der Waals surface area contributed by atoms with Crippen LogP contribution in [0.4, 0.5) is 14.6 Å². The molecule has 1 aromatic carbocycles. The second kappa shape index (κ2) is 5.33. The van der Waals surface area contributed by atoms with Crippen LogP contribution in [-0.2, 0) is 6.54 Å². The molecule has 20 heavy (non-hydrogen) atoms. The van der Waals surface area contributed by atoms with Gasteiger partial charge in [-0.15, -0.1) is 0 Å². The average molecular weight is 283 g/mol. The maximum atomic E-state index is 13.5. The highest BCUT2D eigenvalue weighted by atomic mass is 19.1. The Hall–Kier alpha value is -2.35. The molecule has 1 atom stereocenters. The predicted octanol–water partition coefficient (Wildman–Crippen LogP) is 2.11. The molecule has 0 radical (unpaired) electrons. The van der Waals surface area contributed by atoms with E-state index in [-0.39, 0.29) is 17.9 Å². The van der Waals surface area contributed by atoms with Crippen molar-refractivity contribution in [2.24, 2.45) is 0 Å². The maximum Gasteiger partial charge on any atom is 0.390 e. The monoisotopic (exact) mass is 283 g/mol. The fraction of sp³-hybridized carbons (Fsp3) is 0.250. The molecule has 8 heteroatoms. The molecule has 2 rings (SSSR count). The highest BCUT2D eigenvalue weighted by molar-refractivity contribution is 5.23. The third-order valence-corrected chi connectivity index (χ3v) is 2.82. The van der Waals surface area contributed by atoms with E-state index in [2.05, 4.69) is 5.10 Å². The summed E-state index contributed by atoms with van der Waals surface area (Å²) < 4.78 is 27.7. The van der Waals surface area contributed by atoms with E-state index >= 15 is 0 Å². The molecule has 6 nitrogen and oxygen atoms in total. The molecule has 0 aliphatic carbocycles. The third kappa shape index (κ3) is 2.80. The van der Waals surface area contributed by atoms with Gasteiger partial charge in [0.25, 0.3) is 0 Å². The standard InChI is InChI=1S/C12H11F2N3O3/c1-7-4-12(17(19)20)15-16(7)6-11(18)9-5-8(13)2-3-10(9)14/h2-5,11,18H,6H2,1H3. The Morgan fingerprint density at radius 1 is 1.45 bits per heavy atom. The van der Waals surface area contributed by atoms with E-state index < -0.39 is 22.7 Å². The van der Waals surface area contributed by atoms with Gasteiger partial charge in [-0.3, -0.25) is 0 Å². The van der Waals surface area contributed by atoms with Crippen LogP contribution >= 0.6 is 0 Å². The number of aliphatic hydroxyl groups is 1. The highest BCUT2D eigenvalue weighted by Crippen LogP contribution is 2.21. The maximum absolute atomic E-state index is 13.5. The number of rotatable bonds is 4. The Balaban J connectivity index is 2.25. The van der Waals surface area contributed by atoms with E-state index in [1.165, 1.54) is 10.7 Å². The van der Waals surface area contributed by atoms with Crippen molar-refractivity contribution < 1.29 is 18.8 Å². The summed E-state index contributed by atoms with van der Waals surface area (Å²) in [6, 6.07) is 3.96. The van der Waals surface area contributed by atoms with Gasteiger partial charge in [0.1, 0.15) is 17.7 Å². The van der Waals surface area contributed by atoms with Gasteiger partial charge >= 0.3 is 5.82 Å². The lowest BCUT2D eigenvalue weighted by Gasteiger charge is -2.11. The van der Waals surface area contributed by atoms with Gasteiger partial charge in [-0.2, -0.15) is 4.68 Å². The molecule has 0 aliphatic heterocycles. The van der Waals surface area contributed by atoms with Crippen LogP contribution in [0.2, 0.25) is 0 Å². The van der Waals surface area contributed by atoms with Gasteiger partial charge in [-0.05, 0) is 30.0 Å². The van der Waals surface area contributed by atoms with Gasteiger partial charge in [0, 0.05) is 5.56 Å². The Morgan fingerprint density at radius 2 is 2.15 bits per heavy atom.